The van der Waals surface area contributed by atoms with Gasteiger partial charge in [0, 0.05) is 17.7 Å². The molecule has 0 unspecified atom stereocenters. The van der Waals surface area contributed by atoms with Gasteiger partial charge in [-0.25, -0.2) is 4.79 Å². The summed E-state index contributed by atoms with van der Waals surface area (Å²) in [5, 5.41) is 2.14. The number of rotatable bonds is 6. The summed E-state index contributed by atoms with van der Waals surface area (Å²) in [5.74, 6) is -1.49. The van der Waals surface area contributed by atoms with Crippen LogP contribution >= 0.6 is 15.9 Å². The molecule has 0 radical (unpaired) electrons. The average molecular weight is 395 g/mol. The van der Waals surface area contributed by atoms with Crippen molar-refractivity contribution in [2.45, 2.75) is 0 Å². The topological polar surface area (TPSA) is 86.6 Å². The Bertz CT molecular complexity index is 756. The van der Waals surface area contributed by atoms with Crippen molar-refractivity contribution in [1.82, 2.24) is 9.88 Å². The number of amides is 2. The molecule has 8 heteroatoms. The number of hydrogen-bond donors (Lipinski definition) is 1. The number of nitrogens with zero attached hydrogens (tertiary/aromatic N) is 1. The lowest BCUT2D eigenvalue weighted by Gasteiger charge is -2.08. The second kappa shape index (κ2) is 8.30. The predicted octanol–water partition coefficient (Wildman–Crippen LogP) is 1.67. The maximum Gasteiger partial charge on any atom is 0.344 e. The number of nitrogens with one attached hydrogen (secondary N) is 1. The zero-order valence-electron chi connectivity index (χ0n) is 12.8. The molecule has 2 amide bonds. The normalized spacial score (nSPS) is 10.1. The first-order chi connectivity index (χ1) is 11.5. The van der Waals surface area contributed by atoms with Gasteiger partial charge in [0.25, 0.3) is 11.8 Å². The molecule has 2 aromatic rings. The quantitative estimate of drug-likeness (QED) is 0.752. The zero-order chi connectivity index (χ0) is 17.5. The van der Waals surface area contributed by atoms with Crippen LogP contribution in [-0.4, -0.2) is 35.6 Å². The van der Waals surface area contributed by atoms with Crippen LogP contribution in [0.3, 0.4) is 0 Å². The largest absolute Gasteiger partial charge is 0.482 e. The van der Waals surface area contributed by atoms with Gasteiger partial charge < -0.3 is 14.0 Å². The molecule has 0 fully saturated rings. The van der Waals surface area contributed by atoms with Gasteiger partial charge in [-0.15, -0.1) is 0 Å². The Morgan fingerprint density at radius 3 is 2.62 bits per heavy atom. The monoisotopic (exact) mass is 394 g/mol. The number of aryl methyl sites for hydroxylation is 1. The number of ether oxygens (including phenoxy) is 2. The second-order valence-corrected chi connectivity index (χ2v) is 5.70. The van der Waals surface area contributed by atoms with E-state index in [1.807, 2.05) is 6.07 Å². The maximum atomic E-state index is 11.8. The van der Waals surface area contributed by atoms with E-state index in [0.717, 1.165) is 4.47 Å². The summed E-state index contributed by atoms with van der Waals surface area (Å²) in [6.45, 7) is -0.896. The standard InChI is InChI=1S/C16H15BrN2O5/c1-19-7-3-6-13(19)16(22)18-14(20)9-24-15(21)10-23-12-5-2-4-11(17)8-12/h2-8H,9-10H2,1H3,(H,18,20,22). The highest BCUT2D eigenvalue weighted by Gasteiger charge is 2.14. The second-order valence-electron chi connectivity index (χ2n) is 4.79. The van der Waals surface area contributed by atoms with Crippen molar-refractivity contribution < 1.29 is 23.9 Å². The SMILES string of the molecule is Cn1cccc1C(=O)NC(=O)COC(=O)COc1cccc(Br)c1. The number of halogens is 1. The van der Waals surface area contributed by atoms with E-state index in [-0.39, 0.29) is 6.61 Å². The van der Waals surface area contributed by atoms with E-state index in [0.29, 0.717) is 11.4 Å². The molecule has 7 nitrogen and oxygen atoms in total. The van der Waals surface area contributed by atoms with Gasteiger partial charge in [0.15, 0.2) is 13.2 Å². The van der Waals surface area contributed by atoms with Crippen molar-refractivity contribution in [2.75, 3.05) is 13.2 Å². The molecule has 1 aromatic heterocycles. The van der Waals surface area contributed by atoms with E-state index in [1.165, 1.54) is 0 Å². The minimum atomic E-state index is -0.712. The molecule has 126 valence electrons. The van der Waals surface area contributed by atoms with Crippen molar-refractivity contribution in [2.24, 2.45) is 7.05 Å². The number of esters is 1. The van der Waals surface area contributed by atoms with Crippen molar-refractivity contribution >= 4 is 33.7 Å². The van der Waals surface area contributed by atoms with Gasteiger partial charge >= 0.3 is 5.97 Å². The summed E-state index contributed by atoms with van der Waals surface area (Å²) in [6, 6.07) is 10.2. The summed E-state index contributed by atoms with van der Waals surface area (Å²) in [5.41, 5.74) is 0.327. The number of hydrogen-bond acceptors (Lipinski definition) is 5. The van der Waals surface area contributed by atoms with Gasteiger partial charge in [0.05, 0.1) is 0 Å². The van der Waals surface area contributed by atoms with Crippen LogP contribution in [0.4, 0.5) is 0 Å². The molecule has 0 saturated heterocycles. The number of benzene rings is 1. The van der Waals surface area contributed by atoms with Gasteiger partial charge in [0.2, 0.25) is 0 Å². The van der Waals surface area contributed by atoms with Gasteiger partial charge in [-0.2, -0.15) is 0 Å². The minimum Gasteiger partial charge on any atom is -0.482 e. The van der Waals surface area contributed by atoms with Crippen LogP contribution in [0.25, 0.3) is 0 Å². The lowest BCUT2D eigenvalue weighted by Crippen LogP contribution is -2.35. The molecule has 1 N–H and O–H groups in total. The minimum absolute atomic E-state index is 0.327. The molecule has 0 aliphatic rings. The maximum absolute atomic E-state index is 11.8. The highest BCUT2D eigenvalue weighted by atomic mass is 79.9. The Morgan fingerprint density at radius 2 is 1.96 bits per heavy atom. The summed E-state index contributed by atoms with van der Waals surface area (Å²) in [6.07, 6.45) is 1.68. The van der Waals surface area contributed by atoms with Crippen LogP contribution in [0, 0.1) is 0 Å². The van der Waals surface area contributed by atoms with E-state index in [4.69, 9.17) is 9.47 Å². The zero-order valence-corrected chi connectivity index (χ0v) is 14.4. The third kappa shape index (κ3) is 5.24. The fraction of sp³-hybridized carbons (Fsp3) is 0.188. The van der Waals surface area contributed by atoms with Gasteiger partial charge in [-0.1, -0.05) is 22.0 Å². The Labute approximate surface area is 146 Å². The molecular weight excluding hydrogens is 380 g/mol. The summed E-state index contributed by atoms with van der Waals surface area (Å²) in [7, 11) is 1.68. The average Bonchev–Trinajstić information content (AvgIpc) is 2.97. The van der Waals surface area contributed by atoms with Crippen molar-refractivity contribution in [3.05, 3.63) is 52.8 Å². The van der Waals surface area contributed by atoms with Crippen LogP contribution in [0.15, 0.2) is 47.1 Å². The highest BCUT2D eigenvalue weighted by Crippen LogP contribution is 2.17. The Morgan fingerprint density at radius 1 is 1.17 bits per heavy atom. The van der Waals surface area contributed by atoms with E-state index in [9.17, 15) is 14.4 Å². The van der Waals surface area contributed by atoms with Crippen LogP contribution in [0.5, 0.6) is 5.75 Å². The fourth-order valence-electron chi connectivity index (χ4n) is 1.81. The summed E-state index contributed by atoms with van der Waals surface area (Å²) in [4.78, 5) is 35.0. The molecule has 1 heterocycles. The molecule has 0 atom stereocenters. The van der Waals surface area contributed by atoms with Gasteiger partial charge in [0.1, 0.15) is 11.4 Å². The number of carbonyl (C=O) groups is 3. The van der Waals surface area contributed by atoms with Crippen LogP contribution < -0.4 is 10.1 Å². The number of carbonyl (C=O) groups excluding carboxylic acids is 3. The smallest absolute Gasteiger partial charge is 0.344 e. The highest BCUT2D eigenvalue weighted by molar-refractivity contribution is 9.10. The van der Waals surface area contributed by atoms with Gasteiger partial charge in [-0.3, -0.25) is 14.9 Å². The third-order valence-corrected chi connectivity index (χ3v) is 3.44. The molecule has 1 aromatic carbocycles. The van der Waals surface area contributed by atoms with Crippen LogP contribution in [0.2, 0.25) is 0 Å². The molecule has 0 aliphatic heterocycles. The summed E-state index contributed by atoms with van der Waals surface area (Å²) >= 11 is 3.28. The Balaban J connectivity index is 1.72. The van der Waals surface area contributed by atoms with Crippen LogP contribution in [-0.2, 0) is 21.4 Å². The van der Waals surface area contributed by atoms with Crippen molar-refractivity contribution in [3.8, 4) is 5.75 Å². The molecule has 0 bridgehead atoms. The predicted molar refractivity (Wildman–Crippen MR) is 88.5 cm³/mol. The molecular formula is C16H15BrN2O5. The third-order valence-electron chi connectivity index (χ3n) is 2.95. The number of imide groups is 1. The van der Waals surface area contributed by atoms with E-state index in [2.05, 4.69) is 21.2 Å². The molecule has 0 saturated carbocycles. The van der Waals surface area contributed by atoms with E-state index < -0.39 is 24.4 Å². The molecule has 0 spiro atoms. The Kier molecular flexibility index (Phi) is 6.14. The molecule has 2 rings (SSSR count). The van der Waals surface area contributed by atoms with Crippen molar-refractivity contribution in [3.63, 3.8) is 0 Å². The first-order valence-electron chi connectivity index (χ1n) is 6.95. The molecule has 24 heavy (non-hydrogen) atoms. The van der Waals surface area contributed by atoms with E-state index >= 15 is 0 Å². The van der Waals surface area contributed by atoms with E-state index in [1.54, 1.807) is 48.1 Å². The lowest BCUT2D eigenvalue weighted by molar-refractivity contribution is -0.150. The summed E-state index contributed by atoms with van der Waals surface area (Å²) < 4.78 is 12.4. The fourth-order valence-corrected chi connectivity index (χ4v) is 2.19. The van der Waals surface area contributed by atoms with Crippen LogP contribution in [0.1, 0.15) is 10.5 Å². The van der Waals surface area contributed by atoms with Crippen molar-refractivity contribution in [1.29, 1.82) is 0 Å². The molecule has 0 aliphatic carbocycles. The first-order valence-corrected chi connectivity index (χ1v) is 7.74. The van der Waals surface area contributed by atoms with Gasteiger partial charge in [-0.05, 0) is 30.3 Å². The number of aromatic nitrogens is 1. The first kappa shape index (κ1) is 17.7. The lowest BCUT2D eigenvalue weighted by atomic mass is 10.3. The Hall–Kier alpha value is -2.61.